The number of hydrogen-bond donors (Lipinski definition) is 1. The maximum absolute atomic E-state index is 12.9. The second kappa shape index (κ2) is 7.15. The lowest BCUT2D eigenvalue weighted by molar-refractivity contribution is -0.121. The van der Waals surface area contributed by atoms with E-state index in [1.54, 1.807) is 9.58 Å². The van der Waals surface area contributed by atoms with Gasteiger partial charge >= 0.3 is 0 Å². The highest BCUT2D eigenvalue weighted by Crippen LogP contribution is 2.30. The number of amides is 1. The molecule has 0 spiro atoms. The van der Waals surface area contributed by atoms with E-state index in [0.717, 1.165) is 17.8 Å². The quantitative estimate of drug-likeness (QED) is 0.935. The summed E-state index contributed by atoms with van der Waals surface area (Å²) < 4.78 is 1.79. The zero-order chi connectivity index (χ0) is 15.7. The number of hydrogen-bond acceptors (Lipinski definition) is 3. The van der Waals surface area contributed by atoms with Crippen molar-refractivity contribution >= 4 is 24.0 Å². The van der Waals surface area contributed by atoms with Crippen molar-refractivity contribution in [1.82, 2.24) is 15.1 Å². The Bertz CT molecular complexity index is 667. The summed E-state index contributed by atoms with van der Waals surface area (Å²) in [7, 11) is 3.76. The van der Waals surface area contributed by atoms with E-state index in [2.05, 4.69) is 10.4 Å². The highest BCUT2D eigenvalue weighted by atomic mass is 35.5. The minimum atomic E-state index is -0.0458. The predicted molar refractivity (Wildman–Crippen MR) is 94.1 cm³/mol. The Hall–Kier alpha value is -1.85. The van der Waals surface area contributed by atoms with Gasteiger partial charge < -0.3 is 10.2 Å². The van der Waals surface area contributed by atoms with Crippen molar-refractivity contribution in [3.8, 4) is 0 Å². The van der Waals surface area contributed by atoms with Crippen LogP contribution in [0.5, 0.6) is 0 Å². The zero-order valence-corrected chi connectivity index (χ0v) is 14.5. The molecule has 124 valence electrons. The number of aryl methyl sites for hydroxylation is 2. The Labute approximate surface area is 143 Å². The fourth-order valence-electron chi connectivity index (χ4n) is 3.06. The second-order valence-electron chi connectivity index (χ2n) is 6.05. The minimum Gasteiger partial charge on any atom is -0.315 e. The van der Waals surface area contributed by atoms with Gasteiger partial charge in [0.05, 0.1) is 12.1 Å². The smallest absolute Gasteiger partial charge is 0.231 e. The Kier molecular flexibility index (Phi) is 5.44. The van der Waals surface area contributed by atoms with Crippen LogP contribution in [0.25, 0.3) is 0 Å². The van der Waals surface area contributed by atoms with Crippen LogP contribution in [0.4, 0.5) is 5.69 Å². The standard InChI is InChI=1S/C17H22N4O.ClH/c1-12-4-6-14(7-5-12)21(3)17(22)16-10-18-9-15(16)13-8-19-20(2)11-13;/h4-8,11,15-16,18H,9-10H2,1-3H3;1H/t15-,16+;/m1./s1. The Morgan fingerprint density at radius 1 is 1.30 bits per heavy atom. The first-order chi connectivity index (χ1) is 10.6. The van der Waals surface area contributed by atoms with Gasteiger partial charge in [-0.2, -0.15) is 5.10 Å². The lowest BCUT2D eigenvalue weighted by atomic mass is 9.90. The van der Waals surface area contributed by atoms with Crippen LogP contribution < -0.4 is 10.2 Å². The highest BCUT2D eigenvalue weighted by Gasteiger charge is 2.36. The van der Waals surface area contributed by atoms with Gasteiger partial charge in [-0.25, -0.2) is 0 Å². The van der Waals surface area contributed by atoms with Crippen LogP contribution in [0.1, 0.15) is 17.0 Å². The number of rotatable bonds is 3. The molecule has 0 bridgehead atoms. The predicted octanol–water partition coefficient (Wildman–Crippen LogP) is 2.12. The number of nitrogens with one attached hydrogen (secondary N) is 1. The third-order valence-corrected chi connectivity index (χ3v) is 4.44. The van der Waals surface area contributed by atoms with Crippen molar-refractivity contribution < 1.29 is 4.79 Å². The number of benzene rings is 1. The molecule has 1 amide bonds. The van der Waals surface area contributed by atoms with Crippen molar-refractivity contribution in [2.75, 3.05) is 25.0 Å². The average molecular weight is 335 g/mol. The summed E-state index contributed by atoms with van der Waals surface area (Å²) >= 11 is 0. The van der Waals surface area contributed by atoms with E-state index in [-0.39, 0.29) is 30.2 Å². The third kappa shape index (κ3) is 3.57. The lowest BCUT2D eigenvalue weighted by Gasteiger charge is -2.24. The van der Waals surface area contributed by atoms with Gasteiger partial charge in [0.15, 0.2) is 0 Å². The Morgan fingerprint density at radius 3 is 2.61 bits per heavy atom. The Morgan fingerprint density at radius 2 is 2.00 bits per heavy atom. The molecule has 2 aromatic rings. The van der Waals surface area contributed by atoms with E-state index in [4.69, 9.17) is 0 Å². The van der Waals surface area contributed by atoms with Gasteiger partial charge in [0, 0.05) is 45.0 Å². The van der Waals surface area contributed by atoms with Gasteiger partial charge in [-0.3, -0.25) is 9.48 Å². The molecule has 3 rings (SSSR count). The molecule has 1 aromatic carbocycles. The third-order valence-electron chi connectivity index (χ3n) is 4.44. The number of carbonyl (C=O) groups excluding carboxylic acids is 1. The molecule has 0 unspecified atom stereocenters. The Balaban J connectivity index is 0.00000192. The van der Waals surface area contributed by atoms with E-state index in [0.29, 0.717) is 6.54 Å². The normalized spacial score (nSPS) is 20.1. The molecule has 2 heterocycles. The van der Waals surface area contributed by atoms with Crippen molar-refractivity contribution in [3.05, 3.63) is 47.8 Å². The first-order valence-electron chi connectivity index (χ1n) is 7.60. The second-order valence-corrected chi connectivity index (χ2v) is 6.05. The summed E-state index contributed by atoms with van der Waals surface area (Å²) in [5.74, 6) is 0.298. The zero-order valence-electron chi connectivity index (χ0n) is 13.7. The molecule has 1 N–H and O–H groups in total. The number of carbonyl (C=O) groups is 1. The molecule has 0 saturated carbocycles. The monoisotopic (exact) mass is 334 g/mol. The molecule has 5 nitrogen and oxygen atoms in total. The molecular weight excluding hydrogens is 312 g/mol. The molecule has 1 fully saturated rings. The summed E-state index contributed by atoms with van der Waals surface area (Å²) in [6.45, 7) is 3.59. The summed E-state index contributed by atoms with van der Waals surface area (Å²) in [6, 6.07) is 8.05. The molecule has 0 aliphatic carbocycles. The van der Waals surface area contributed by atoms with Gasteiger partial charge in [-0.05, 0) is 24.6 Å². The summed E-state index contributed by atoms with van der Waals surface area (Å²) in [5, 5.41) is 7.57. The molecule has 1 saturated heterocycles. The number of nitrogens with zero attached hydrogens (tertiary/aromatic N) is 3. The highest BCUT2D eigenvalue weighted by molar-refractivity contribution is 5.95. The number of aromatic nitrogens is 2. The average Bonchev–Trinajstić information content (AvgIpc) is 3.15. The molecule has 0 radical (unpaired) electrons. The lowest BCUT2D eigenvalue weighted by Crippen LogP contribution is -2.36. The van der Waals surface area contributed by atoms with Crippen molar-refractivity contribution in [2.45, 2.75) is 12.8 Å². The van der Waals surface area contributed by atoms with E-state index in [1.165, 1.54) is 5.56 Å². The molecule has 1 aliphatic rings. The van der Waals surface area contributed by atoms with Crippen LogP contribution in [0.3, 0.4) is 0 Å². The van der Waals surface area contributed by atoms with Gasteiger partial charge in [0.1, 0.15) is 0 Å². The van der Waals surface area contributed by atoms with E-state index in [1.807, 2.05) is 57.7 Å². The maximum Gasteiger partial charge on any atom is 0.231 e. The van der Waals surface area contributed by atoms with Crippen molar-refractivity contribution in [1.29, 1.82) is 0 Å². The number of anilines is 1. The molecule has 2 atom stereocenters. The van der Waals surface area contributed by atoms with Crippen LogP contribution >= 0.6 is 12.4 Å². The maximum atomic E-state index is 12.9. The van der Waals surface area contributed by atoms with Crippen LogP contribution in [-0.2, 0) is 11.8 Å². The molecule has 23 heavy (non-hydrogen) atoms. The molecular formula is C17H23ClN4O. The van der Waals surface area contributed by atoms with Gasteiger partial charge in [-0.15, -0.1) is 12.4 Å². The molecule has 1 aromatic heterocycles. The van der Waals surface area contributed by atoms with E-state index < -0.39 is 0 Å². The first-order valence-corrected chi connectivity index (χ1v) is 7.60. The fourth-order valence-corrected chi connectivity index (χ4v) is 3.06. The molecule has 6 heteroatoms. The first kappa shape index (κ1) is 17.5. The van der Waals surface area contributed by atoms with E-state index in [9.17, 15) is 4.79 Å². The van der Waals surface area contributed by atoms with Crippen LogP contribution in [0.2, 0.25) is 0 Å². The van der Waals surface area contributed by atoms with Gasteiger partial charge in [-0.1, -0.05) is 17.7 Å². The number of halogens is 1. The summed E-state index contributed by atoms with van der Waals surface area (Å²) in [4.78, 5) is 14.6. The molecule has 1 aliphatic heterocycles. The summed E-state index contributed by atoms with van der Waals surface area (Å²) in [6.07, 6.45) is 3.87. The van der Waals surface area contributed by atoms with Crippen LogP contribution in [0, 0.1) is 12.8 Å². The van der Waals surface area contributed by atoms with Crippen LogP contribution in [0.15, 0.2) is 36.7 Å². The SMILES string of the molecule is Cc1ccc(N(C)C(=O)[C@H]2CNC[C@@H]2c2cnn(C)c2)cc1.Cl. The van der Waals surface area contributed by atoms with Crippen molar-refractivity contribution in [2.24, 2.45) is 13.0 Å². The van der Waals surface area contributed by atoms with Gasteiger partial charge in [0.25, 0.3) is 0 Å². The fraction of sp³-hybridized carbons (Fsp3) is 0.412. The van der Waals surface area contributed by atoms with Gasteiger partial charge in [0.2, 0.25) is 5.91 Å². The minimum absolute atomic E-state index is 0. The van der Waals surface area contributed by atoms with Crippen molar-refractivity contribution in [3.63, 3.8) is 0 Å². The summed E-state index contributed by atoms with van der Waals surface area (Å²) in [5.41, 5.74) is 3.26. The largest absolute Gasteiger partial charge is 0.315 e. The van der Waals surface area contributed by atoms with E-state index >= 15 is 0 Å². The topological polar surface area (TPSA) is 50.2 Å². The van der Waals surface area contributed by atoms with Crippen LogP contribution in [-0.4, -0.2) is 35.8 Å².